The molecular formula is C14H24N4O. The van der Waals surface area contributed by atoms with Crippen molar-refractivity contribution < 1.29 is 4.79 Å². The van der Waals surface area contributed by atoms with E-state index in [1.165, 1.54) is 0 Å². The van der Waals surface area contributed by atoms with Crippen molar-refractivity contribution in [3.8, 4) is 0 Å². The second-order valence-corrected chi connectivity index (χ2v) is 5.76. The minimum atomic E-state index is -0.0285. The van der Waals surface area contributed by atoms with Crippen LogP contribution >= 0.6 is 0 Å². The van der Waals surface area contributed by atoms with Gasteiger partial charge in [0.1, 0.15) is 0 Å². The lowest BCUT2D eigenvalue weighted by Crippen LogP contribution is -2.30. The van der Waals surface area contributed by atoms with Gasteiger partial charge >= 0.3 is 0 Å². The average molecular weight is 264 g/mol. The molecule has 2 heterocycles. The summed E-state index contributed by atoms with van der Waals surface area (Å²) < 4.78 is 0. The van der Waals surface area contributed by atoms with E-state index in [9.17, 15) is 4.79 Å². The number of anilines is 1. The number of hydrogen-bond donors (Lipinski definition) is 2. The Kier molecular flexibility index (Phi) is 4.12. The van der Waals surface area contributed by atoms with Gasteiger partial charge in [-0.2, -0.15) is 5.10 Å². The third-order valence-electron chi connectivity index (χ3n) is 4.04. The van der Waals surface area contributed by atoms with Crippen LogP contribution in [-0.2, 0) is 6.42 Å². The molecule has 1 atom stereocenters. The second kappa shape index (κ2) is 5.63. The highest BCUT2D eigenvalue weighted by Gasteiger charge is 2.31. The van der Waals surface area contributed by atoms with Crippen molar-refractivity contribution in [1.82, 2.24) is 15.1 Å². The summed E-state index contributed by atoms with van der Waals surface area (Å²) in [4.78, 5) is 14.3. The number of aromatic nitrogens is 2. The fourth-order valence-corrected chi connectivity index (χ4v) is 2.66. The number of nitrogen functional groups attached to an aromatic ring is 1. The van der Waals surface area contributed by atoms with Gasteiger partial charge in [-0.1, -0.05) is 27.2 Å². The zero-order chi connectivity index (χ0) is 14.0. The number of aromatic amines is 1. The summed E-state index contributed by atoms with van der Waals surface area (Å²) in [5.41, 5.74) is 7.81. The van der Waals surface area contributed by atoms with Crippen molar-refractivity contribution in [1.29, 1.82) is 0 Å². The molecular weight excluding hydrogens is 240 g/mol. The Labute approximate surface area is 114 Å². The van der Waals surface area contributed by atoms with Crippen LogP contribution in [0, 0.1) is 11.8 Å². The van der Waals surface area contributed by atoms with Crippen LogP contribution in [0.3, 0.4) is 0 Å². The number of nitrogens with zero attached hydrogens (tertiary/aromatic N) is 2. The van der Waals surface area contributed by atoms with Gasteiger partial charge in [0.05, 0.1) is 11.4 Å². The minimum absolute atomic E-state index is 0.0285. The summed E-state index contributed by atoms with van der Waals surface area (Å²) in [6.45, 7) is 8.14. The van der Waals surface area contributed by atoms with E-state index >= 15 is 0 Å². The lowest BCUT2D eigenvalue weighted by molar-refractivity contribution is 0.0779. The van der Waals surface area contributed by atoms with Crippen LogP contribution < -0.4 is 5.73 Å². The van der Waals surface area contributed by atoms with Crippen LogP contribution in [0.5, 0.6) is 0 Å². The van der Waals surface area contributed by atoms with Crippen LogP contribution in [0.4, 0.5) is 5.69 Å². The van der Waals surface area contributed by atoms with Gasteiger partial charge < -0.3 is 10.6 Å². The first-order chi connectivity index (χ1) is 9.04. The molecule has 19 heavy (non-hydrogen) atoms. The molecule has 2 rings (SSSR count). The highest BCUT2D eigenvalue weighted by Crippen LogP contribution is 2.26. The van der Waals surface area contributed by atoms with E-state index in [2.05, 4.69) is 31.0 Å². The highest BCUT2D eigenvalue weighted by molar-refractivity contribution is 5.97. The molecule has 106 valence electrons. The molecule has 1 aromatic rings. The summed E-state index contributed by atoms with van der Waals surface area (Å²) in [7, 11) is 0. The Balaban J connectivity index is 2.08. The summed E-state index contributed by atoms with van der Waals surface area (Å²) in [5, 5.41) is 7.00. The Morgan fingerprint density at radius 2 is 2.32 bits per heavy atom. The zero-order valence-electron chi connectivity index (χ0n) is 12.1. The largest absolute Gasteiger partial charge is 0.395 e. The standard InChI is InChI=1S/C14H24N4O/c1-4-5-11-12(15)13(17-16-11)14(19)18-7-6-10(8-18)9(2)3/h9-10H,4-8,15H2,1-3H3,(H,16,17). The Morgan fingerprint density at radius 3 is 2.89 bits per heavy atom. The van der Waals surface area contributed by atoms with E-state index in [1.54, 1.807) is 0 Å². The van der Waals surface area contributed by atoms with Crippen LogP contribution in [0.1, 0.15) is 49.8 Å². The molecule has 5 nitrogen and oxygen atoms in total. The van der Waals surface area contributed by atoms with Gasteiger partial charge in [0.15, 0.2) is 5.69 Å². The summed E-state index contributed by atoms with van der Waals surface area (Å²) in [6.07, 6.45) is 2.90. The van der Waals surface area contributed by atoms with Gasteiger partial charge in [-0.15, -0.1) is 0 Å². The first-order valence-electron chi connectivity index (χ1n) is 7.16. The van der Waals surface area contributed by atoms with Crippen LogP contribution in [-0.4, -0.2) is 34.1 Å². The van der Waals surface area contributed by atoms with Crippen molar-refractivity contribution >= 4 is 11.6 Å². The summed E-state index contributed by atoms with van der Waals surface area (Å²) in [6, 6.07) is 0. The molecule has 1 saturated heterocycles. The predicted molar refractivity (Wildman–Crippen MR) is 75.8 cm³/mol. The number of carbonyl (C=O) groups is 1. The lowest BCUT2D eigenvalue weighted by Gasteiger charge is -2.17. The van der Waals surface area contributed by atoms with Gasteiger partial charge in [0.2, 0.25) is 0 Å². The van der Waals surface area contributed by atoms with Gasteiger partial charge in [-0.3, -0.25) is 9.89 Å². The molecule has 1 amide bonds. The van der Waals surface area contributed by atoms with E-state index in [0.717, 1.165) is 38.0 Å². The lowest BCUT2D eigenvalue weighted by atomic mass is 9.95. The Hall–Kier alpha value is -1.52. The van der Waals surface area contributed by atoms with Crippen molar-refractivity contribution in [2.45, 2.75) is 40.0 Å². The zero-order valence-corrected chi connectivity index (χ0v) is 12.1. The minimum Gasteiger partial charge on any atom is -0.395 e. The number of rotatable bonds is 4. The van der Waals surface area contributed by atoms with Gasteiger partial charge in [-0.25, -0.2) is 0 Å². The molecule has 0 saturated carbocycles. The Morgan fingerprint density at radius 1 is 1.58 bits per heavy atom. The van der Waals surface area contributed by atoms with Gasteiger partial charge in [-0.05, 0) is 24.7 Å². The van der Waals surface area contributed by atoms with E-state index in [0.29, 0.717) is 23.2 Å². The molecule has 1 fully saturated rings. The van der Waals surface area contributed by atoms with Crippen molar-refractivity contribution in [2.75, 3.05) is 18.8 Å². The molecule has 1 aromatic heterocycles. The quantitative estimate of drug-likeness (QED) is 0.874. The number of nitrogens with one attached hydrogen (secondary N) is 1. The molecule has 0 spiro atoms. The smallest absolute Gasteiger partial charge is 0.276 e. The topological polar surface area (TPSA) is 75.0 Å². The van der Waals surface area contributed by atoms with Crippen molar-refractivity contribution in [3.05, 3.63) is 11.4 Å². The molecule has 3 N–H and O–H groups in total. The van der Waals surface area contributed by atoms with Crippen LogP contribution in [0.2, 0.25) is 0 Å². The van der Waals surface area contributed by atoms with E-state index in [4.69, 9.17) is 5.73 Å². The molecule has 1 aliphatic rings. The number of nitrogens with two attached hydrogens (primary N) is 1. The first kappa shape index (κ1) is 13.9. The van der Waals surface area contributed by atoms with Gasteiger partial charge in [0, 0.05) is 13.1 Å². The van der Waals surface area contributed by atoms with Crippen molar-refractivity contribution in [3.63, 3.8) is 0 Å². The maximum atomic E-state index is 12.4. The molecule has 0 aromatic carbocycles. The summed E-state index contributed by atoms with van der Waals surface area (Å²) >= 11 is 0. The van der Waals surface area contributed by atoms with Crippen LogP contribution in [0.15, 0.2) is 0 Å². The first-order valence-corrected chi connectivity index (χ1v) is 7.16. The summed E-state index contributed by atoms with van der Waals surface area (Å²) in [5.74, 6) is 1.18. The van der Waals surface area contributed by atoms with Gasteiger partial charge in [0.25, 0.3) is 5.91 Å². The number of amides is 1. The monoisotopic (exact) mass is 264 g/mol. The molecule has 1 aliphatic heterocycles. The molecule has 5 heteroatoms. The molecule has 0 aliphatic carbocycles. The number of likely N-dealkylation sites (tertiary alicyclic amines) is 1. The third-order valence-corrected chi connectivity index (χ3v) is 4.04. The molecule has 0 radical (unpaired) electrons. The number of hydrogen-bond acceptors (Lipinski definition) is 3. The average Bonchev–Trinajstić information content (AvgIpc) is 2.98. The van der Waals surface area contributed by atoms with Crippen LogP contribution in [0.25, 0.3) is 0 Å². The molecule has 1 unspecified atom stereocenters. The molecule has 0 bridgehead atoms. The number of H-pyrrole nitrogens is 1. The Bertz CT molecular complexity index is 452. The van der Waals surface area contributed by atoms with E-state index in [-0.39, 0.29) is 5.91 Å². The van der Waals surface area contributed by atoms with E-state index in [1.807, 2.05) is 4.90 Å². The predicted octanol–water partition coefficient (Wildman–Crippen LogP) is 2.06. The third kappa shape index (κ3) is 2.74. The fraction of sp³-hybridized carbons (Fsp3) is 0.714. The normalized spacial score (nSPS) is 19.4. The SMILES string of the molecule is CCCc1[nH]nc(C(=O)N2CCC(C(C)C)C2)c1N. The van der Waals surface area contributed by atoms with E-state index < -0.39 is 0 Å². The number of carbonyl (C=O) groups excluding carboxylic acids is 1. The maximum absolute atomic E-state index is 12.4. The van der Waals surface area contributed by atoms with Crippen molar-refractivity contribution in [2.24, 2.45) is 11.8 Å². The number of aryl methyl sites for hydroxylation is 1. The maximum Gasteiger partial charge on any atom is 0.276 e. The highest BCUT2D eigenvalue weighted by atomic mass is 16.2. The second-order valence-electron chi connectivity index (χ2n) is 5.76. The fourth-order valence-electron chi connectivity index (χ4n) is 2.66.